The Balaban J connectivity index is 0. The van der Waals surface area contributed by atoms with Crippen LogP contribution in [0.3, 0.4) is 0 Å². The second-order valence-corrected chi connectivity index (χ2v) is 11.6. The molecule has 0 saturated heterocycles. The largest absolute Gasteiger partial charge is 0.493 e. The number of amides is 1. The van der Waals surface area contributed by atoms with E-state index in [0.29, 0.717) is 19.6 Å². The first-order valence-corrected chi connectivity index (χ1v) is 17.0. The van der Waals surface area contributed by atoms with Crippen LogP contribution in [0.4, 0.5) is 0 Å². The van der Waals surface area contributed by atoms with Crippen LogP contribution in [0.15, 0.2) is 18.2 Å². The van der Waals surface area contributed by atoms with Crippen LogP contribution < -0.4 is 14.8 Å². The lowest BCUT2D eigenvalue weighted by Gasteiger charge is -2.09. The van der Waals surface area contributed by atoms with Crippen molar-refractivity contribution in [3.63, 3.8) is 0 Å². The zero-order valence-corrected chi connectivity index (χ0v) is 27.0. The van der Waals surface area contributed by atoms with Gasteiger partial charge in [-0.1, -0.05) is 96.3 Å². The molecule has 0 radical (unpaired) electrons. The molecule has 0 atom stereocenters. The number of carbonyl (C=O) groups excluding carboxylic acids is 1. The molecule has 0 spiro atoms. The molecule has 2 N–H and O–H groups in total. The minimum atomic E-state index is -3.09. The molecule has 1 aromatic rings. The molecule has 0 aromatic heterocycles. The highest BCUT2D eigenvalue weighted by Crippen LogP contribution is 2.18. The van der Waals surface area contributed by atoms with E-state index >= 15 is 0 Å². The number of carbonyl (C=O) groups is 1. The summed E-state index contributed by atoms with van der Waals surface area (Å²) in [5.41, 5.74) is 2.30. The van der Waals surface area contributed by atoms with E-state index in [-0.39, 0.29) is 5.91 Å². The SMILES string of the molecule is CC.CCCCCCCCCCCCOCCCNC(C)=O.Cc1ccc(OCCCNS(C)(=O)=O)c(C)c1. The van der Waals surface area contributed by atoms with Crippen LogP contribution in [0, 0.1) is 13.8 Å². The van der Waals surface area contributed by atoms with Crippen LogP contribution in [-0.2, 0) is 19.6 Å². The molecule has 0 heterocycles. The fraction of sp³-hybridized carbons (Fsp3) is 0.774. The number of aryl methyl sites for hydroxylation is 2. The average molecular weight is 573 g/mol. The summed E-state index contributed by atoms with van der Waals surface area (Å²) in [6.07, 6.45) is 16.3. The molecule has 1 aromatic carbocycles. The van der Waals surface area contributed by atoms with E-state index in [2.05, 4.69) is 23.0 Å². The Kier molecular flexibility index (Phi) is 28.3. The van der Waals surface area contributed by atoms with Crippen molar-refractivity contribution in [2.45, 2.75) is 119 Å². The predicted octanol–water partition coefficient (Wildman–Crippen LogP) is 7.10. The number of hydrogen-bond donors (Lipinski definition) is 2. The molecule has 0 aliphatic rings. The molecule has 230 valence electrons. The van der Waals surface area contributed by atoms with Crippen molar-refractivity contribution in [2.24, 2.45) is 0 Å². The van der Waals surface area contributed by atoms with Crippen LogP contribution in [0.1, 0.15) is 116 Å². The first kappa shape index (κ1) is 39.5. The zero-order valence-electron chi connectivity index (χ0n) is 26.2. The maximum Gasteiger partial charge on any atom is 0.216 e. The number of hydrogen-bond acceptors (Lipinski definition) is 5. The summed E-state index contributed by atoms with van der Waals surface area (Å²) in [5.74, 6) is 0.898. The van der Waals surface area contributed by atoms with Gasteiger partial charge >= 0.3 is 0 Å². The van der Waals surface area contributed by atoms with Crippen molar-refractivity contribution < 1.29 is 22.7 Å². The molecular formula is C31H60N2O5S. The van der Waals surface area contributed by atoms with E-state index in [4.69, 9.17) is 9.47 Å². The van der Waals surface area contributed by atoms with Gasteiger partial charge in [0.25, 0.3) is 0 Å². The van der Waals surface area contributed by atoms with Crippen molar-refractivity contribution in [1.29, 1.82) is 0 Å². The Morgan fingerprint density at radius 1 is 0.795 bits per heavy atom. The van der Waals surface area contributed by atoms with E-state index in [1.54, 1.807) is 6.92 Å². The van der Waals surface area contributed by atoms with Gasteiger partial charge in [0.1, 0.15) is 5.75 Å². The lowest BCUT2D eigenvalue weighted by atomic mass is 10.1. The Hall–Kier alpha value is -1.64. The van der Waals surface area contributed by atoms with Crippen LogP contribution in [-0.4, -0.2) is 53.5 Å². The molecule has 39 heavy (non-hydrogen) atoms. The molecule has 1 rings (SSSR count). The highest BCUT2D eigenvalue weighted by atomic mass is 32.2. The number of ether oxygens (including phenoxy) is 2. The minimum Gasteiger partial charge on any atom is -0.493 e. The third-order valence-electron chi connectivity index (χ3n) is 5.75. The number of rotatable bonds is 21. The topological polar surface area (TPSA) is 93.7 Å². The third-order valence-corrected chi connectivity index (χ3v) is 6.48. The minimum absolute atomic E-state index is 0.0414. The Bertz CT molecular complexity index is 800. The lowest BCUT2D eigenvalue weighted by Crippen LogP contribution is -2.24. The van der Waals surface area contributed by atoms with Gasteiger partial charge in [-0.05, 0) is 44.7 Å². The molecule has 0 unspecified atom stereocenters. The van der Waals surface area contributed by atoms with Crippen LogP contribution in [0.5, 0.6) is 5.75 Å². The fourth-order valence-electron chi connectivity index (χ4n) is 3.71. The Labute approximate surface area is 241 Å². The summed E-state index contributed by atoms with van der Waals surface area (Å²) in [6, 6.07) is 6.00. The quantitative estimate of drug-likeness (QED) is 0.153. The summed E-state index contributed by atoms with van der Waals surface area (Å²) < 4.78 is 35.1. The maximum atomic E-state index is 10.8. The monoisotopic (exact) mass is 572 g/mol. The number of nitrogens with one attached hydrogen (secondary N) is 2. The van der Waals surface area contributed by atoms with Crippen LogP contribution in [0.2, 0.25) is 0 Å². The molecule has 7 nitrogen and oxygen atoms in total. The average Bonchev–Trinajstić information content (AvgIpc) is 2.88. The Morgan fingerprint density at radius 3 is 1.87 bits per heavy atom. The molecular weight excluding hydrogens is 512 g/mol. The second-order valence-electron chi connectivity index (χ2n) is 9.77. The summed E-state index contributed by atoms with van der Waals surface area (Å²) >= 11 is 0. The van der Waals surface area contributed by atoms with Gasteiger partial charge in [0.05, 0.1) is 12.9 Å². The van der Waals surface area contributed by atoms with Gasteiger partial charge in [-0.2, -0.15) is 0 Å². The summed E-state index contributed by atoms with van der Waals surface area (Å²) in [7, 11) is -3.09. The van der Waals surface area contributed by atoms with Crippen molar-refractivity contribution in [1.82, 2.24) is 10.0 Å². The molecule has 0 aliphatic carbocycles. The van der Waals surface area contributed by atoms with Gasteiger partial charge < -0.3 is 14.8 Å². The van der Waals surface area contributed by atoms with Crippen LogP contribution >= 0.6 is 0 Å². The predicted molar refractivity (Wildman–Crippen MR) is 166 cm³/mol. The normalized spacial score (nSPS) is 10.6. The summed E-state index contributed by atoms with van der Waals surface area (Å²) in [5, 5.41) is 2.77. The molecule has 8 heteroatoms. The van der Waals surface area contributed by atoms with Crippen molar-refractivity contribution in [2.75, 3.05) is 39.2 Å². The lowest BCUT2D eigenvalue weighted by molar-refractivity contribution is -0.119. The van der Waals surface area contributed by atoms with Gasteiger partial charge in [-0.3, -0.25) is 4.79 Å². The summed E-state index contributed by atoms with van der Waals surface area (Å²) in [4.78, 5) is 10.6. The molecule has 0 aliphatic heterocycles. The molecule has 0 bridgehead atoms. The van der Waals surface area contributed by atoms with Gasteiger partial charge in [-0.15, -0.1) is 0 Å². The maximum absolute atomic E-state index is 10.8. The standard InChI is InChI=1S/C17H35NO2.C12H19NO3S.C2H6/c1-3-4-5-6-7-8-9-10-11-12-15-20-16-13-14-18-17(2)19;1-10-5-6-12(11(2)9-10)16-8-4-7-13-17(3,14)15;1-2/h3-16H2,1-2H3,(H,18,19);5-6,9,13H,4,7-8H2,1-3H3;1-2H3. The zero-order chi connectivity index (χ0) is 29.8. The first-order valence-electron chi connectivity index (χ1n) is 15.1. The van der Waals surface area contributed by atoms with E-state index < -0.39 is 10.0 Å². The second kappa shape index (κ2) is 27.9. The molecule has 1 amide bonds. The van der Waals surface area contributed by atoms with Crippen molar-refractivity contribution in [3.05, 3.63) is 29.3 Å². The first-order chi connectivity index (χ1) is 18.7. The van der Waals surface area contributed by atoms with Crippen LogP contribution in [0.25, 0.3) is 0 Å². The van der Waals surface area contributed by atoms with Gasteiger partial charge in [0.2, 0.25) is 15.9 Å². The summed E-state index contributed by atoms with van der Waals surface area (Å²) in [6.45, 7) is 15.1. The molecule has 0 saturated carbocycles. The number of unbranched alkanes of at least 4 members (excludes halogenated alkanes) is 9. The fourth-order valence-corrected chi connectivity index (χ4v) is 4.22. The Morgan fingerprint density at radius 2 is 1.33 bits per heavy atom. The smallest absolute Gasteiger partial charge is 0.216 e. The van der Waals surface area contributed by atoms with Gasteiger partial charge in [-0.25, -0.2) is 13.1 Å². The highest BCUT2D eigenvalue weighted by Gasteiger charge is 2.01. The van der Waals surface area contributed by atoms with E-state index in [1.807, 2.05) is 39.8 Å². The van der Waals surface area contributed by atoms with E-state index in [9.17, 15) is 13.2 Å². The third kappa shape index (κ3) is 30.8. The number of benzene rings is 1. The van der Waals surface area contributed by atoms with E-state index in [0.717, 1.165) is 43.7 Å². The van der Waals surface area contributed by atoms with Crippen molar-refractivity contribution in [3.8, 4) is 5.75 Å². The van der Waals surface area contributed by atoms with Gasteiger partial charge in [0.15, 0.2) is 0 Å². The molecule has 0 fully saturated rings. The van der Waals surface area contributed by atoms with E-state index in [1.165, 1.54) is 69.8 Å². The number of sulfonamides is 1. The van der Waals surface area contributed by atoms with Gasteiger partial charge in [0, 0.05) is 33.2 Å². The van der Waals surface area contributed by atoms with Crippen molar-refractivity contribution >= 4 is 15.9 Å². The highest BCUT2D eigenvalue weighted by molar-refractivity contribution is 7.88.